The van der Waals surface area contributed by atoms with E-state index in [-0.39, 0.29) is 89.2 Å². The maximum atomic E-state index is 9.51. The van der Waals surface area contributed by atoms with Crippen LogP contribution in [0.3, 0.4) is 0 Å². The molecule has 0 saturated carbocycles. The molecule has 147 heavy (non-hydrogen) atoms. The van der Waals surface area contributed by atoms with E-state index in [2.05, 4.69) is 348 Å². The van der Waals surface area contributed by atoms with Gasteiger partial charge in [-0.2, -0.15) is 0 Å². The molecular formula is C141H93N3S3. The summed E-state index contributed by atoms with van der Waals surface area (Å²) in [6.45, 7) is 0. The average Bonchev–Trinajstić information content (AvgIpc) is 1.52. The molecule has 0 radical (unpaired) electrons. The minimum Gasteiger partial charge on any atom is -0.310 e. The van der Waals surface area contributed by atoms with Crippen LogP contribution in [0, 0.1) is 0 Å². The van der Waals surface area contributed by atoms with E-state index in [4.69, 9.17) is 12.3 Å². The lowest BCUT2D eigenvalue weighted by Gasteiger charge is -2.35. The highest BCUT2D eigenvalue weighted by Gasteiger charge is 2.51. The molecule has 0 fully saturated rings. The van der Waals surface area contributed by atoms with Crippen LogP contribution in [0.2, 0.25) is 0 Å². The van der Waals surface area contributed by atoms with E-state index in [0.29, 0.717) is 0 Å². The van der Waals surface area contributed by atoms with Crippen molar-refractivity contribution >= 4 is 178 Å². The van der Waals surface area contributed by atoms with Crippen LogP contribution in [0.1, 0.15) is 87.3 Å². The minimum atomic E-state index is -1.23. The molecule has 27 aromatic rings. The summed E-state index contributed by atoms with van der Waals surface area (Å²) < 4.78 is 143. The number of hydrogen-bond acceptors (Lipinski definition) is 6. The van der Waals surface area contributed by atoms with Gasteiger partial charge < -0.3 is 14.7 Å². The van der Waals surface area contributed by atoms with Crippen molar-refractivity contribution in [1.82, 2.24) is 0 Å². The Morgan fingerprint density at radius 3 is 1.04 bits per heavy atom. The predicted molar refractivity (Wildman–Crippen MR) is 626 cm³/mol. The number of benzene rings is 24. The Hall–Kier alpha value is -17.9. The quantitative estimate of drug-likeness (QED) is 0.101. The number of hydrogen-bond donors (Lipinski definition) is 0. The maximum Gasteiger partial charge on any atom is 0.0727 e. The lowest BCUT2D eigenvalue weighted by atomic mass is 9.66. The largest absolute Gasteiger partial charge is 0.310 e. The lowest BCUT2D eigenvalue weighted by molar-refractivity contribution is 0.770. The Kier molecular flexibility index (Phi) is 17.7. The van der Waals surface area contributed by atoms with Gasteiger partial charge in [-0.15, -0.1) is 34.0 Å². The Morgan fingerprint density at radius 1 is 0.170 bits per heavy atom. The van der Waals surface area contributed by atoms with Crippen molar-refractivity contribution in [3.05, 3.63) is 631 Å². The molecule has 3 aromatic heterocycles. The number of nitrogens with zero attached hydrogens (tertiary/aromatic N) is 3. The van der Waals surface area contributed by atoms with E-state index in [0.717, 1.165) is 223 Å². The van der Waals surface area contributed by atoms with Gasteiger partial charge in [-0.05, 0) is 267 Å². The van der Waals surface area contributed by atoms with Gasteiger partial charge in [-0.3, -0.25) is 0 Å². The van der Waals surface area contributed by atoms with Gasteiger partial charge in [0.1, 0.15) is 0 Å². The molecule has 0 spiro atoms. The third-order valence-electron chi connectivity index (χ3n) is 29.9. The molecule has 6 heteroatoms. The number of fused-ring (bicyclic) bond motifs is 21. The molecule has 3 aliphatic rings. The van der Waals surface area contributed by atoms with Crippen molar-refractivity contribution in [3.63, 3.8) is 0 Å². The highest BCUT2D eigenvalue weighted by Crippen LogP contribution is 2.64. The van der Waals surface area contributed by atoms with Crippen molar-refractivity contribution in [3.8, 4) is 33.4 Å². The van der Waals surface area contributed by atoms with Crippen LogP contribution >= 0.6 is 34.0 Å². The van der Waals surface area contributed by atoms with Gasteiger partial charge in [0.2, 0.25) is 0 Å². The standard InChI is InChI=1S/3C47H31NS/c1-3-17-33(18-4-1)47(43-26-14-24-39-38-23-10-12-28-45(38)49-46(39)43)41-25-11-9-22-37(41)40-31-35(29-30-42(40)47)48(34-19-5-2-6-20-34)44-27-13-16-32-15-7-8-21-36(32)44;1-3-16-34(17-4-1)47(43-23-13-25-45-46(43)39-21-10-12-24-44(39)49-45)41-22-11-9-20-38(41)40-31-37(28-29-42(40)47)48(35-18-5-2-6-19-35)36-27-26-32-14-7-8-15-33(32)30-36;1-3-15-34(16-4-1)47(35-24-28-46-42(30-35)40-20-10-12-22-45(40)49-46)43-21-11-9-19-39(43)41-31-38(26-27-44(41)47)48(36-17-5-2-6-18-36)37-25-23-32-13-7-8-14-33(32)29-37/h3*1-31H/i1D,3D,4D,17D,18D;1D,3D,4D,16D,17D;1D,3D,4D,15D,16D. The third-order valence-corrected chi connectivity index (χ3v) is 33.5. The summed E-state index contributed by atoms with van der Waals surface area (Å²) >= 11 is 5.12. The fraction of sp³-hybridized carbons (Fsp3) is 0.0213. The first-order valence-corrected chi connectivity index (χ1v) is 51.8. The topological polar surface area (TPSA) is 9.72 Å². The van der Waals surface area contributed by atoms with Gasteiger partial charge in [0.15, 0.2) is 0 Å². The summed E-state index contributed by atoms with van der Waals surface area (Å²) in [5.41, 5.74) is 19.7. The molecular weight excluding hydrogens is 1830 g/mol. The van der Waals surface area contributed by atoms with Crippen LogP contribution in [0.15, 0.2) is 564 Å². The summed E-state index contributed by atoms with van der Waals surface area (Å²) in [5.74, 6) is 0. The van der Waals surface area contributed by atoms with Crippen LogP contribution in [0.5, 0.6) is 0 Å². The Bertz CT molecular complexity index is 10800. The summed E-state index contributed by atoms with van der Waals surface area (Å²) in [6.07, 6.45) is 0. The van der Waals surface area contributed by atoms with Crippen molar-refractivity contribution in [2.24, 2.45) is 0 Å². The molecule has 3 heterocycles. The van der Waals surface area contributed by atoms with Crippen LogP contribution < -0.4 is 14.7 Å². The van der Waals surface area contributed by atoms with Crippen LogP contribution in [0.4, 0.5) is 51.2 Å². The van der Waals surface area contributed by atoms with Crippen LogP contribution in [-0.2, 0) is 16.2 Å². The first-order valence-electron chi connectivity index (χ1n) is 56.8. The first-order chi connectivity index (χ1) is 79.1. The SMILES string of the molecule is [2H]c1c([2H])c([2H])c(C2(c3ccc4sc5ccccc5c4c3)c3ccccc3-c3cc(N(c4ccccc4)c4ccc5ccccc5c4)ccc32)c([2H])c1[2H].[2H]c1c([2H])c([2H])c(C2(c3cccc4c3sc3ccccc34)c3ccccc3-c3cc(N(c4ccccc4)c4cccc5ccccc45)ccc32)c([2H])c1[2H].[2H]c1c([2H])c([2H])c(C2(c3cccc4sc5ccccc5c34)c3ccccc3-c3cc(N(c4ccccc4)c4ccc5ccccc5c4)ccc32)c([2H])c1[2H]. The first kappa shape index (κ1) is 72.4. The monoisotopic (exact) mass is 1940 g/mol. The molecule has 0 saturated heterocycles. The number of para-hydroxylation sites is 3. The summed E-state index contributed by atoms with van der Waals surface area (Å²) in [5, 5.41) is 13.4. The molecule has 3 nitrogen and oxygen atoms in total. The number of rotatable bonds is 15. The molecule has 0 bridgehead atoms. The van der Waals surface area contributed by atoms with Gasteiger partial charge >= 0.3 is 0 Å². The second kappa shape index (κ2) is 35.9. The molecule has 3 unspecified atom stereocenters. The number of thiophene rings is 3. The minimum absolute atomic E-state index is 0.201. The molecule has 24 aromatic carbocycles. The Morgan fingerprint density at radius 2 is 0.503 bits per heavy atom. The van der Waals surface area contributed by atoms with E-state index in [1.165, 1.54) is 4.70 Å². The lowest BCUT2D eigenvalue weighted by Crippen LogP contribution is -2.28. The molecule has 0 N–H and O–H groups in total. The van der Waals surface area contributed by atoms with Gasteiger partial charge in [0.05, 0.1) is 42.5 Å². The fourth-order valence-corrected chi connectivity index (χ4v) is 27.3. The van der Waals surface area contributed by atoms with Crippen LogP contribution in [0.25, 0.3) is 126 Å². The zero-order valence-electron chi connectivity index (χ0n) is 94.1. The van der Waals surface area contributed by atoms with Gasteiger partial charge in [0.25, 0.3) is 0 Å². The molecule has 3 aliphatic carbocycles. The predicted octanol–water partition coefficient (Wildman–Crippen LogP) is 39.1. The summed E-state index contributed by atoms with van der Waals surface area (Å²) in [4.78, 5) is 6.79. The maximum absolute atomic E-state index is 9.51. The van der Waals surface area contributed by atoms with Gasteiger partial charge in [-0.1, -0.05) is 424 Å². The van der Waals surface area contributed by atoms with Crippen molar-refractivity contribution in [1.29, 1.82) is 0 Å². The molecule has 3 atom stereocenters. The highest BCUT2D eigenvalue weighted by molar-refractivity contribution is 7.26. The van der Waals surface area contributed by atoms with Crippen molar-refractivity contribution in [2.75, 3.05) is 14.7 Å². The Labute approximate surface area is 887 Å². The zero-order valence-corrected chi connectivity index (χ0v) is 81.5. The fourth-order valence-electron chi connectivity index (χ4n) is 23.8. The molecule has 690 valence electrons. The average molecular weight is 1940 g/mol. The van der Waals surface area contributed by atoms with E-state index in [1.54, 1.807) is 34.0 Å². The smallest absolute Gasteiger partial charge is 0.0727 e. The van der Waals surface area contributed by atoms with Gasteiger partial charge in [-0.25, -0.2) is 0 Å². The zero-order chi connectivity index (χ0) is 110. The van der Waals surface area contributed by atoms with Crippen molar-refractivity contribution < 1.29 is 20.6 Å². The number of anilines is 9. The molecule has 0 amide bonds. The van der Waals surface area contributed by atoms with E-state index in [1.807, 2.05) is 140 Å². The molecule has 30 rings (SSSR count). The summed E-state index contributed by atoms with van der Waals surface area (Å²) in [6, 6.07) is 159. The van der Waals surface area contributed by atoms with E-state index in [9.17, 15) is 8.22 Å². The van der Waals surface area contributed by atoms with Gasteiger partial charge in [0, 0.05) is 111 Å². The van der Waals surface area contributed by atoms with E-state index >= 15 is 0 Å². The normalized spacial score (nSPS) is 16.4. The molecule has 0 aliphatic heterocycles. The van der Waals surface area contributed by atoms with Crippen LogP contribution in [-0.4, -0.2) is 0 Å². The van der Waals surface area contributed by atoms with Crippen molar-refractivity contribution in [2.45, 2.75) is 16.2 Å². The second-order valence-electron chi connectivity index (χ2n) is 37.5. The Balaban J connectivity index is 0.000000114. The second-order valence-corrected chi connectivity index (χ2v) is 40.7. The summed E-state index contributed by atoms with van der Waals surface area (Å²) in [7, 11) is 0. The highest BCUT2D eigenvalue weighted by atomic mass is 32.1. The third kappa shape index (κ3) is 14.0. The van der Waals surface area contributed by atoms with E-state index < -0.39 is 34.4 Å².